The lowest BCUT2D eigenvalue weighted by Crippen LogP contribution is -2.34. The van der Waals surface area contributed by atoms with Gasteiger partial charge in [-0.1, -0.05) is 0 Å². The third-order valence-electron chi connectivity index (χ3n) is 3.08. The van der Waals surface area contributed by atoms with Crippen LogP contribution >= 0.6 is 23.2 Å². The van der Waals surface area contributed by atoms with Gasteiger partial charge in [-0.25, -0.2) is 0 Å². The van der Waals surface area contributed by atoms with Crippen LogP contribution in [0, 0.1) is 5.92 Å². The highest BCUT2D eigenvalue weighted by Gasteiger charge is 2.28. The summed E-state index contributed by atoms with van der Waals surface area (Å²) < 4.78 is 0. The molecule has 3 unspecified atom stereocenters. The van der Waals surface area contributed by atoms with Crippen molar-refractivity contribution in [2.75, 3.05) is 20.1 Å². The molecule has 0 aliphatic heterocycles. The second-order valence-corrected chi connectivity index (χ2v) is 5.74. The number of carboxylic acids is 1. The maximum atomic E-state index is 10.4. The van der Waals surface area contributed by atoms with Crippen molar-refractivity contribution in [1.29, 1.82) is 0 Å². The van der Waals surface area contributed by atoms with E-state index in [2.05, 4.69) is 4.90 Å². The van der Waals surface area contributed by atoms with Crippen molar-refractivity contribution < 1.29 is 9.90 Å². The van der Waals surface area contributed by atoms with E-state index in [-0.39, 0.29) is 17.2 Å². The molecule has 0 heterocycles. The van der Waals surface area contributed by atoms with Gasteiger partial charge in [0.1, 0.15) is 0 Å². The van der Waals surface area contributed by atoms with Crippen molar-refractivity contribution in [3.05, 3.63) is 0 Å². The Bertz CT molecular complexity index is 238. The fraction of sp³-hybridized carbons (Fsp3) is 0.909. The first-order valence-electron chi connectivity index (χ1n) is 5.67. The first kappa shape index (κ1) is 14.1. The number of halogens is 2. The molecule has 0 aromatic rings. The summed E-state index contributed by atoms with van der Waals surface area (Å²) >= 11 is 12.2. The second kappa shape index (κ2) is 6.67. The Morgan fingerprint density at radius 2 is 2.06 bits per heavy atom. The zero-order valence-corrected chi connectivity index (χ0v) is 11.0. The van der Waals surface area contributed by atoms with Crippen molar-refractivity contribution in [1.82, 2.24) is 4.90 Å². The zero-order chi connectivity index (χ0) is 12.1. The van der Waals surface area contributed by atoms with Crippen LogP contribution in [0.3, 0.4) is 0 Å². The van der Waals surface area contributed by atoms with Crippen LogP contribution in [-0.4, -0.2) is 46.9 Å². The summed E-state index contributed by atoms with van der Waals surface area (Å²) in [6.45, 7) is 1.52. The number of carboxylic acid groups (broad SMARTS) is 1. The molecule has 3 atom stereocenters. The fourth-order valence-electron chi connectivity index (χ4n) is 2.14. The molecule has 1 saturated carbocycles. The highest BCUT2D eigenvalue weighted by Crippen LogP contribution is 2.31. The van der Waals surface area contributed by atoms with Crippen LogP contribution < -0.4 is 0 Å². The van der Waals surface area contributed by atoms with Crippen LogP contribution in [0.2, 0.25) is 0 Å². The van der Waals surface area contributed by atoms with Gasteiger partial charge >= 0.3 is 5.97 Å². The Balaban J connectivity index is 2.23. The summed E-state index contributed by atoms with van der Waals surface area (Å²) in [5.74, 6) is -0.192. The summed E-state index contributed by atoms with van der Waals surface area (Å²) in [4.78, 5) is 12.5. The van der Waals surface area contributed by atoms with Gasteiger partial charge in [-0.15, -0.1) is 23.2 Å². The van der Waals surface area contributed by atoms with Crippen LogP contribution in [0.1, 0.15) is 25.7 Å². The van der Waals surface area contributed by atoms with E-state index in [1.54, 1.807) is 0 Å². The highest BCUT2D eigenvalue weighted by molar-refractivity contribution is 6.30. The number of hydrogen-bond acceptors (Lipinski definition) is 2. The topological polar surface area (TPSA) is 40.5 Å². The van der Waals surface area contributed by atoms with Crippen LogP contribution in [0.15, 0.2) is 0 Å². The molecule has 1 aliphatic rings. The first-order chi connectivity index (χ1) is 7.49. The second-order valence-electron chi connectivity index (χ2n) is 4.62. The SMILES string of the molecule is CN(CCC(=O)O)CC1CCC(Cl)C(Cl)C1. The maximum Gasteiger partial charge on any atom is 0.304 e. The van der Waals surface area contributed by atoms with Gasteiger partial charge in [0.15, 0.2) is 0 Å². The molecule has 1 N–H and O–H groups in total. The summed E-state index contributed by atoms with van der Waals surface area (Å²) in [6.07, 6.45) is 3.20. The van der Waals surface area contributed by atoms with Crippen LogP contribution in [0.5, 0.6) is 0 Å². The fourth-order valence-corrected chi connectivity index (χ4v) is 2.75. The Morgan fingerprint density at radius 3 is 2.62 bits per heavy atom. The molecular weight excluding hydrogens is 249 g/mol. The lowest BCUT2D eigenvalue weighted by atomic mass is 9.88. The van der Waals surface area contributed by atoms with Gasteiger partial charge < -0.3 is 10.0 Å². The Morgan fingerprint density at radius 1 is 1.38 bits per heavy atom. The van der Waals surface area contributed by atoms with Crippen molar-refractivity contribution in [3.63, 3.8) is 0 Å². The van der Waals surface area contributed by atoms with Crippen molar-refractivity contribution in [2.24, 2.45) is 5.92 Å². The van der Waals surface area contributed by atoms with E-state index in [0.717, 1.165) is 25.8 Å². The Labute approximate surface area is 107 Å². The summed E-state index contributed by atoms with van der Waals surface area (Å²) in [7, 11) is 1.96. The van der Waals surface area contributed by atoms with E-state index in [9.17, 15) is 4.79 Å². The minimum atomic E-state index is -0.744. The van der Waals surface area contributed by atoms with Gasteiger partial charge in [-0.3, -0.25) is 4.79 Å². The van der Waals surface area contributed by atoms with E-state index in [1.807, 2.05) is 7.05 Å². The van der Waals surface area contributed by atoms with Gasteiger partial charge in [-0.05, 0) is 32.2 Å². The molecule has 0 aromatic heterocycles. The molecule has 0 aromatic carbocycles. The average molecular weight is 268 g/mol. The lowest BCUT2D eigenvalue weighted by Gasteiger charge is -2.31. The van der Waals surface area contributed by atoms with E-state index >= 15 is 0 Å². The van der Waals surface area contributed by atoms with Crippen molar-refractivity contribution in [3.8, 4) is 0 Å². The zero-order valence-electron chi connectivity index (χ0n) is 9.53. The van der Waals surface area contributed by atoms with Gasteiger partial charge in [-0.2, -0.15) is 0 Å². The normalized spacial score (nSPS) is 30.6. The molecule has 0 saturated heterocycles. The minimum Gasteiger partial charge on any atom is -0.481 e. The number of aliphatic carboxylic acids is 1. The standard InChI is InChI=1S/C11H19Cl2NO2/c1-14(5-4-11(15)16)7-8-2-3-9(12)10(13)6-8/h8-10H,2-7H2,1H3,(H,15,16). The van der Waals surface area contributed by atoms with E-state index in [1.165, 1.54) is 0 Å². The third-order valence-corrected chi connectivity index (χ3v) is 4.21. The number of hydrogen-bond donors (Lipinski definition) is 1. The average Bonchev–Trinajstić information content (AvgIpc) is 2.21. The number of nitrogens with zero attached hydrogens (tertiary/aromatic N) is 1. The quantitative estimate of drug-likeness (QED) is 0.778. The molecule has 94 valence electrons. The smallest absolute Gasteiger partial charge is 0.304 e. The van der Waals surface area contributed by atoms with Gasteiger partial charge in [0.05, 0.1) is 11.8 Å². The molecule has 0 amide bonds. The predicted octanol–water partition coefficient (Wildman–Crippen LogP) is 2.41. The molecule has 0 bridgehead atoms. The van der Waals surface area contributed by atoms with E-state index in [4.69, 9.17) is 28.3 Å². The van der Waals surface area contributed by atoms with Gasteiger partial charge in [0.25, 0.3) is 0 Å². The summed E-state index contributed by atoms with van der Waals surface area (Å²) in [5, 5.41) is 8.74. The predicted molar refractivity (Wildman–Crippen MR) is 66.4 cm³/mol. The number of alkyl halides is 2. The first-order valence-corrected chi connectivity index (χ1v) is 6.54. The largest absolute Gasteiger partial charge is 0.481 e. The van der Waals surface area contributed by atoms with E-state index in [0.29, 0.717) is 12.5 Å². The monoisotopic (exact) mass is 267 g/mol. The Kier molecular flexibility index (Phi) is 5.87. The van der Waals surface area contributed by atoms with Crippen molar-refractivity contribution in [2.45, 2.75) is 36.4 Å². The van der Waals surface area contributed by atoms with Gasteiger partial charge in [0, 0.05) is 18.5 Å². The number of rotatable bonds is 5. The summed E-state index contributed by atoms with van der Waals surface area (Å²) in [5.41, 5.74) is 0. The summed E-state index contributed by atoms with van der Waals surface area (Å²) in [6, 6.07) is 0. The highest BCUT2D eigenvalue weighted by atomic mass is 35.5. The molecule has 1 aliphatic carbocycles. The van der Waals surface area contributed by atoms with Gasteiger partial charge in [0.2, 0.25) is 0 Å². The molecular formula is C11H19Cl2NO2. The molecule has 0 radical (unpaired) electrons. The van der Waals surface area contributed by atoms with Crippen LogP contribution in [-0.2, 0) is 4.79 Å². The Hall–Kier alpha value is 0.01000. The van der Waals surface area contributed by atoms with E-state index < -0.39 is 5.97 Å². The molecule has 1 rings (SSSR count). The molecule has 3 nitrogen and oxygen atoms in total. The molecule has 16 heavy (non-hydrogen) atoms. The maximum absolute atomic E-state index is 10.4. The lowest BCUT2D eigenvalue weighted by molar-refractivity contribution is -0.137. The molecule has 0 spiro atoms. The molecule has 1 fully saturated rings. The van der Waals surface area contributed by atoms with Crippen LogP contribution in [0.25, 0.3) is 0 Å². The van der Waals surface area contributed by atoms with Crippen molar-refractivity contribution >= 4 is 29.2 Å². The third kappa shape index (κ3) is 4.89. The van der Waals surface area contributed by atoms with Crippen LogP contribution in [0.4, 0.5) is 0 Å². The molecule has 5 heteroatoms. The number of carbonyl (C=O) groups is 1. The minimum absolute atomic E-state index is 0.0632.